The van der Waals surface area contributed by atoms with Gasteiger partial charge in [-0.2, -0.15) is 0 Å². The van der Waals surface area contributed by atoms with Gasteiger partial charge in [0.1, 0.15) is 0 Å². The molecule has 0 aliphatic rings. The van der Waals surface area contributed by atoms with Crippen LogP contribution in [0.3, 0.4) is 0 Å². The summed E-state index contributed by atoms with van der Waals surface area (Å²) in [6.07, 6.45) is 1.97. The van der Waals surface area contributed by atoms with E-state index < -0.39 is 0 Å². The van der Waals surface area contributed by atoms with Crippen molar-refractivity contribution in [2.75, 3.05) is 25.9 Å². The molecule has 1 aromatic carbocycles. The van der Waals surface area contributed by atoms with Gasteiger partial charge in [0.05, 0.1) is 15.7 Å². The second kappa shape index (κ2) is 8.47. The van der Waals surface area contributed by atoms with Crippen molar-refractivity contribution in [3.63, 3.8) is 0 Å². The van der Waals surface area contributed by atoms with Gasteiger partial charge in [0.25, 0.3) is 5.91 Å². The van der Waals surface area contributed by atoms with E-state index >= 15 is 0 Å². The SMILES string of the molecule is CC(C)N(C)CCCCNC(=O)c1cc(N)c(Cl)c(Cl)c1. The van der Waals surface area contributed by atoms with Crippen LogP contribution in [0.25, 0.3) is 0 Å². The largest absolute Gasteiger partial charge is 0.397 e. The van der Waals surface area contributed by atoms with Gasteiger partial charge in [-0.25, -0.2) is 0 Å². The predicted molar refractivity (Wildman–Crippen MR) is 90.2 cm³/mol. The van der Waals surface area contributed by atoms with Crippen molar-refractivity contribution in [2.45, 2.75) is 32.7 Å². The first-order chi connectivity index (χ1) is 9.82. The number of benzene rings is 1. The summed E-state index contributed by atoms with van der Waals surface area (Å²) in [5, 5.41) is 3.44. The number of hydrogen-bond donors (Lipinski definition) is 2. The molecule has 21 heavy (non-hydrogen) atoms. The Hall–Kier alpha value is -0.970. The molecule has 118 valence electrons. The van der Waals surface area contributed by atoms with Crippen LogP contribution in [0.1, 0.15) is 37.0 Å². The van der Waals surface area contributed by atoms with E-state index in [2.05, 4.69) is 31.1 Å². The average Bonchev–Trinajstić information content (AvgIpc) is 2.43. The summed E-state index contributed by atoms with van der Waals surface area (Å²) < 4.78 is 0. The van der Waals surface area contributed by atoms with Gasteiger partial charge < -0.3 is 16.0 Å². The molecule has 0 atom stereocenters. The summed E-state index contributed by atoms with van der Waals surface area (Å²) >= 11 is 11.8. The minimum atomic E-state index is -0.183. The van der Waals surface area contributed by atoms with Crippen molar-refractivity contribution in [1.82, 2.24) is 10.2 Å². The van der Waals surface area contributed by atoms with Crippen LogP contribution in [0.4, 0.5) is 5.69 Å². The van der Waals surface area contributed by atoms with Crippen LogP contribution < -0.4 is 11.1 Å². The first-order valence-corrected chi connectivity index (χ1v) is 7.81. The van der Waals surface area contributed by atoms with E-state index in [0.29, 0.717) is 28.9 Å². The van der Waals surface area contributed by atoms with Crippen LogP contribution >= 0.6 is 23.2 Å². The minimum Gasteiger partial charge on any atom is -0.397 e. The Morgan fingerprint density at radius 3 is 2.57 bits per heavy atom. The fraction of sp³-hybridized carbons (Fsp3) is 0.533. The Balaban J connectivity index is 2.38. The molecule has 0 saturated carbocycles. The third-order valence-corrected chi connectivity index (χ3v) is 4.24. The van der Waals surface area contributed by atoms with E-state index in [0.717, 1.165) is 19.4 Å². The maximum absolute atomic E-state index is 12.0. The van der Waals surface area contributed by atoms with Crippen molar-refractivity contribution in [3.8, 4) is 0 Å². The second-order valence-corrected chi connectivity index (χ2v) is 6.18. The third kappa shape index (κ3) is 5.73. The van der Waals surface area contributed by atoms with Crippen LogP contribution in [0.15, 0.2) is 12.1 Å². The summed E-state index contributed by atoms with van der Waals surface area (Å²) in [5.41, 5.74) is 6.44. The van der Waals surface area contributed by atoms with Gasteiger partial charge in [0.2, 0.25) is 0 Å². The molecule has 3 N–H and O–H groups in total. The number of rotatable bonds is 7. The van der Waals surface area contributed by atoms with Crippen molar-refractivity contribution >= 4 is 34.8 Å². The molecule has 6 heteroatoms. The normalized spacial score (nSPS) is 11.2. The van der Waals surface area contributed by atoms with E-state index in [4.69, 9.17) is 28.9 Å². The molecule has 1 rings (SSSR count). The molecule has 1 aromatic rings. The molecule has 4 nitrogen and oxygen atoms in total. The lowest BCUT2D eigenvalue weighted by Gasteiger charge is -2.20. The van der Waals surface area contributed by atoms with Gasteiger partial charge in [-0.3, -0.25) is 4.79 Å². The zero-order chi connectivity index (χ0) is 16.0. The summed E-state index contributed by atoms with van der Waals surface area (Å²) in [6, 6.07) is 3.61. The molecule has 0 fully saturated rings. The Labute approximate surface area is 136 Å². The molecule has 0 unspecified atom stereocenters. The van der Waals surface area contributed by atoms with Crippen molar-refractivity contribution in [1.29, 1.82) is 0 Å². The maximum atomic E-state index is 12.0. The molecule has 1 amide bonds. The highest BCUT2D eigenvalue weighted by Crippen LogP contribution is 2.29. The van der Waals surface area contributed by atoms with Gasteiger partial charge in [0, 0.05) is 18.2 Å². The fourth-order valence-corrected chi connectivity index (χ4v) is 2.13. The van der Waals surface area contributed by atoms with Crippen LogP contribution in [0.2, 0.25) is 10.0 Å². The molecular weight excluding hydrogens is 309 g/mol. The number of halogens is 2. The number of anilines is 1. The number of nitrogens with zero attached hydrogens (tertiary/aromatic N) is 1. The molecule has 0 saturated heterocycles. The van der Waals surface area contributed by atoms with Crippen molar-refractivity contribution < 1.29 is 4.79 Å². The van der Waals surface area contributed by atoms with Crippen molar-refractivity contribution in [3.05, 3.63) is 27.7 Å². The van der Waals surface area contributed by atoms with E-state index in [1.54, 1.807) is 0 Å². The standard InChI is InChI=1S/C15H23Cl2N3O/c1-10(2)20(3)7-5-4-6-19-15(21)11-8-12(16)14(17)13(18)9-11/h8-10H,4-7,18H2,1-3H3,(H,19,21). The summed E-state index contributed by atoms with van der Waals surface area (Å²) in [4.78, 5) is 14.3. The van der Waals surface area contributed by atoms with Gasteiger partial charge in [0.15, 0.2) is 0 Å². The van der Waals surface area contributed by atoms with E-state index in [1.165, 1.54) is 12.1 Å². The molecule has 0 radical (unpaired) electrons. The molecule has 0 heterocycles. The Morgan fingerprint density at radius 2 is 2.00 bits per heavy atom. The highest BCUT2D eigenvalue weighted by Gasteiger charge is 2.11. The number of unbranched alkanes of at least 4 members (excludes halogenated alkanes) is 1. The first kappa shape index (κ1) is 18.1. The third-order valence-electron chi connectivity index (χ3n) is 3.42. The molecule has 0 spiro atoms. The highest BCUT2D eigenvalue weighted by molar-refractivity contribution is 6.43. The number of amides is 1. The number of carbonyl (C=O) groups excluding carboxylic acids is 1. The van der Waals surface area contributed by atoms with E-state index in [1.807, 2.05) is 0 Å². The number of nitrogens with one attached hydrogen (secondary N) is 1. The number of nitrogen functional groups attached to an aromatic ring is 1. The summed E-state index contributed by atoms with van der Waals surface area (Å²) in [7, 11) is 2.10. The Morgan fingerprint density at radius 1 is 1.33 bits per heavy atom. The van der Waals surface area contributed by atoms with Crippen LogP contribution in [0, 0.1) is 0 Å². The Kier molecular flexibility index (Phi) is 7.29. The van der Waals surface area contributed by atoms with Crippen LogP contribution in [-0.2, 0) is 0 Å². The van der Waals surface area contributed by atoms with E-state index in [-0.39, 0.29) is 10.9 Å². The molecule has 0 aliphatic heterocycles. The van der Waals surface area contributed by atoms with Gasteiger partial charge in [-0.15, -0.1) is 0 Å². The quantitative estimate of drug-likeness (QED) is 0.594. The number of carbonyl (C=O) groups is 1. The van der Waals surface area contributed by atoms with Gasteiger partial charge in [-0.05, 0) is 52.4 Å². The average molecular weight is 332 g/mol. The molecule has 0 bridgehead atoms. The smallest absolute Gasteiger partial charge is 0.251 e. The zero-order valence-electron chi connectivity index (χ0n) is 12.7. The topological polar surface area (TPSA) is 58.4 Å². The minimum absolute atomic E-state index is 0.183. The van der Waals surface area contributed by atoms with E-state index in [9.17, 15) is 4.79 Å². The number of nitrogens with two attached hydrogens (primary N) is 1. The zero-order valence-corrected chi connectivity index (χ0v) is 14.3. The lowest BCUT2D eigenvalue weighted by molar-refractivity contribution is 0.0952. The molecular formula is C15H23Cl2N3O. The lowest BCUT2D eigenvalue weighted by Crippen LogP contribution is -2.29. The molecule has 0 aliphatic carbocycles. The van der Waals surface area contributed by atoms with Gasteiger partial charge in [-0.1, -0.05) is 23.2 Å². The lowest BCUT2D eigenvalue weighted by atomic mass is 10.2. The second-order valence-electron chi connectivity index (χ2n) is 5.40. The first-order valence-electron chi connectivity index (χ1n) is 7.06. The van der Waals surface area contributed by atoms with Crippen LogP contribution in [0.5, 0.6) is 0 Å². The fourth-order valence-electron chi connectivity index (χ4n) is 1.79. The van der Waals surface area contributed by atoms with Crippen molar-refractivity contribution in [2.24, 2.45) is 0 Å². The highest BCUT2D eigenvalue weighted by atomic mass is 35.5. The summed E-state index contributed by atoms with van der Waals surface area (Å²) in [6.45, 7) is 5.98. The predicted octanol–water partition coefficient (Wildman–Crippen LogP) is 3.43. The number of hydrogen-bond acceptors (Lipinski definition) is 3. The maximum Gasteiger partial charge on any atom is 0.251 e. The van der Waals surface area contributed by atoms with Gasteiger partial charge >= 0.3 is 0 Å². The molecule has 0 aromatic heterocycles. The van der Waals surface area contributed by atoms with Crippen LogP contribution in [-0.4, -0.2) is 37.0 Å². The Bertz CT molecular complexity index is 469. The summed E-state index contributed by atoms with van der Waals surface area (Å²) in [5.74, 6) is -0.183. The monoisotopic (exact) mass is 331 g/mol.